The number of rotatable bonds is 7. The van der Waals surface area contributed by atoms with Crippen LogP contribution in [0.1, 0.15) is 49.7 Å². The Bertz CT molecular complexity index is 1100. The number of aliphatic carboxylic acids is 1. The monoisotopic (exact) mass is 476 g/mol. The highest BCUT2D eigenvalue weighted by atomic mass is 16.5. The topological polar surface area (TPSA) is 95.9 Å². The summed E-state index contributed by atoms with van der Waals surface area (Å²) >= 11 is 0. The molecule has 5 unspecified atom stereocenters. The van der Waals surface area contributed by atoms with Crippen molar-refractivity contribution in [2.24, 2.45) is 17.8 Å². The van der Waals surface area contributed by atoms with Crippen LogP contribution in [0.3, 0.4) is 0 Å². The van der Waals surface area contributed by atoms with Gasteiger partial charge in [-0.25, -0.2) is 9.59 Å². The van der Waals surface area contributed by atoms with Gasteiger partial charge >= 0.3 is 12.1 Å². The Balaban J connectivity index is 1.15. The molecule has 0 saturated heterocycles. The highest BCUT2D eigenvalue weighted by Crippen LogP contribution is 2.50. The SMILES string of the molecule is CCC(C(=O)O)N(C)C(=O)C1CC2CC(NC(=O)OCC3c4ccccc4-c4ccccc43)C2C1. The summed E-state index contributed by atoms with van der Waals surface area (Å²) < 4.78 is 5.69. The molecule has 5 rings (SSSR count). The summed E-state index contributed by atoms with van der Waals surface area (Å²) in [4.78, 5) is 38.4. The van der Waals surface area contributed by atoms with Crippen LogP contribution in [-0.2, 0) is 14.3 Å². The lowest BCUT2D eigenvalue weighted by Crippen LogP contribution is -2.50. The first kappa shape index (κ1) is 23.4. The van der Waals surface area contributed by atoms with Gasteiger partial charge in [0.2, 0.25) is 5.91 Å². The fourth-order valence-electron chi connectivity index (χ4n) is 6.44. The zero-order valence-electron chi connectivity index (χ0n) is 20.1. The number of hydrogen-bond acceptors (Lipinski definition) is 4. The van der Waals surface area contributed by atoms with E-state index in [0.717, 1.165) is 12.8 Å². The number of amides is 2. The van der Waals surface area contributed by atoms with Gasteiger partial charge < -0.3 is 20.1 Å². The first-order valence-corrected chi connectivity index (χ1v) is 12.5. The average molecular weight is 477 g/mol. The molecule has 2 aromatic carbocycles. The molecule has 7 heteroatoms. The second-order valence-electron chi connectivity index (χ2n) is 10.1. The maximum atomic E-state index is 12.9. The van der Waals surface area contributed by atoms with Gasteiger partial charge in [0, 0.05) is 24.9 Å². The van der Waals surface area contributed by atoms with Crippen molar-refractivity contribution in [1.29, 1.82) is 0 Å². The average Bonchev–Trinajstić information content (AvgIpc) is 3.36. The Labute approximate surface area is 205 Å². The van der Waals surface area contributed by atoms with Crippen LogP contribution in [0.5, 0.6) is 0 Å². The van der Waals surface area contributed by atoms with Crippen molar-refractivity contribution >= 4 is 18.0 Å². The summed E-state index contributed by atoms with van der Waals surface area (Å²) in [7, 11) is 1.58. The standard InChI is InChI=1S/C28H32N2O5/c1-3-25(27(32)33)30(2)26(31)17-12-16-14-24(22(16)13-17)29-28(34)35-15-23-20-10-6-4-8-18(20)19-9-5-7-11-21(19)23/h4-11,16-17,22-25H,3,12-15H2,1-2H3,(H,29,34)(H,32,33). The molecule has 3 aliphatic carbocycles. The maximum absolute atomic E-state index is 12.9. The number of likely N-dealkylation sites (N-methyl/N-ethyl adjacent to an activating group) is 1. The van der Waals surface area contributed by atoms with Crippen LogP contribution >= 0.6 is 0 Å². The second-order valence-corrected chi connectivity index (χ2v) is 10.1. The number of nitrogens with zero attached hydrogens (tertiary/aromatic N) is 1. The number of carboxylic acid groups (broad SMARTS) is 1. The van der Waals surface area contributed by atoms with Crippen molar-refractivity contribution in [3.05, 3.63) is 59.7 Å². The van der Waals surface area contributed by atoms with E-state index < -0.39 is 18.1 Å². The number of carbonyl (C=O) groups is 3. The molecule has 2 saturated carbocycles. The molecule has 7 nitrogen and oxygen atoms in total. The van der Waals surface area contributed by atoms with Gasteiger partial charge in [0.1, 0.15) is 12.6 Å². The van der Waals surface area contributed by atoms with Gasteiger partial charge in [-0.05, 0) is 59.8 Å². The van der Waals surface area contributed by atoms with E-state index in [2.05, 4.69) is 29.6 Å². The minimum absolute atomic E-state index is 0.000188. The lowest BCUT2D eigenvalue weighted by Gasteiger charge is -2.40. The molecule has 0 spiro atoms. The van der Waals surface area contributed by atoms with Crippen molar-refractivity contribution in [2.75, 3.05) is 13.7 Å². The van der Waals surface area contributed by atoms with E-state index in [0.29, 0.717) is 18.8 Å². The zero-order chi connectivity index (χ0) is 24.7. The molecule has 35 heavy (non-hydrogen) atoms. The molecular formula is C28H32N2O5. The number of fused-ring (bicyclic) bond motifs is 4. The molecule has 0 radical (unpaired) electrons. The molecule has 2 fully saturated rings. The van der Waals surface area contributed by atoms with Gasteiger partial charge in [0.15, 0.2) is 0 Å². The smallest absolute Gasteiger partial charge is 0.407 e. The Hall–Kier alpha value is -3.35. The maximum Gasteiger partial charge on any atom is 0.407 e. The molecule has 0 aliphatic heterocycles. The number of carboxylic acids is 1. The molecule has 2 aromatic rings. The van der Waals surface area contributed by atoms with Crippen molar-refractivity contribution in [3.8, 4) is 11.1 Å². The van der Waals surface area contributed by atoms with Crippen LogP contribution in [0.4, 0.5) is 4.79 Å². The Morgan fingerprint density at radius 1 is 1.03 bits per heavy atom. The normalized spacial score (nSPS) is 25.0. The van der Waals surface area contributed by atoms with E-state index >= 15 is 0 Å². The minimum Gasteiger partial charge on any atom is -0.480 e. The minimum atomic E-state index is -0.973. The number of carbonyl (C=O) groups excluding carboxylic acids is 2. The van der Waals surface area contributed by atoms with Crippen LogP contribution in [0.25, 0.3) is 11.1 Å². The third-order valence-corrected chi connectivity index (χ3v) is 8.31. The Kier molecular flexibility index (Phi) is 6.26. The van der Waals surface area contributed by atoms with Gasteiger partial charge in [0.25, 0.3) is 0 Å². The molecule has 0 bridgehead atoms. The summed E-state index contributed by atoms with van der Waals surface area (Å²) in [5, 5.41) is 12.4. The van der Waals surface area contributed by atoms with Crippen molar-refractivity contribution in [3.63, 3.8) is 0 Å². The highest BCUT2D eigenvalue weighted by Gasteiger charge is 2.51. The fourth-order valence-corrected chi connectivity index (χ4v) is 6.44. The Morgan fingerprint density at radius 3 is 2.26 bits per heavy atom. The predicted octanol–water partition coefficient (Wildman–Crippen LogP) is 4.26. The number of alkyl carbamates (subject to hydrolysis) is 1. The van der Waals surface area contributed by atoms with E-state index in [9.17, 15) is 19.5 Å². The second kappa shape index (κ2) is 9.36. The van der Waals surface area contributed by atoms with Crippen LogP contribution in [-0.4, -0.2) is 53.7 Å². The number of nitrogens with one attached hydrogen (secondary N) is 1. The predicted molar refractivity (Wildman–Crippen MR) is 131 cm³/mol. The lowest BCUT2D eigenvalue weighted by atomic mass is 9.71. The number of hydrogen-bond donors (Lipinski definition) is 2. The van der Waals surface area contributed by atoms with E-state index in [1.807, 2.05) is 24.3 Å². The molecule has 0 aromatic heterocycles. The number of ether oxygens (including phenoxy) is 1. The molecule has 3 aliphatic rings. The van der Waals surface area contributed by atoms with Gasteiger partial charge in [-0.2, -0.15) is 0 Å². The highest BCUT2D eigenvalue weighted by molar-refractivity contribution is 5.85. The summed E-state index contributed by atoms with van der Waals surface area (Å²) in [5.41, 5.74) is 4.74. The largest absolute Gasteiger partial charge is 0.480 e. The van der Waals surface area contributed by atoms with E-state index in [4.69, 9.17) is 4.74 Å². The van der Waals surface area contributed by atoms with Gasteiger partial charge in [0.05, 0.1) is 0 Å². The van der Waals surface area contributed by atoms with Crippen molar-refractivity contribution < 1.29 is 24.2 Å². The third kappa shape index (κ3) is 4.17. The molecule has 5 atom stereocenters. The summed E-state index contributed by atoms with van der Waals surface area (Å²) in [6.45, 7) is 2.05. The van der Waals surface area contributed by atoms with Crippen LogP contribution in [0, 0.1) is 17.8 Å². The molecular weight excluding hydrogens is 444 g/mol. The van der Waals surface area contributed by atoms with E-state index in [1.54, 1.807) is 14.0 Å². The molecule has 184 valence electrons. The summed E-state index contributed by atoms with van der Waals surface area (Å²) in [6.07, 6.45) is 2.23. The number of benzene rings is 2. The van der Waals surface area contributed by atoms with Crippen molar-refractivity contribution in [2.45, 2.75) is 50.6 Å². The third-order valence-electron chi connectivity index (χ3n) is 8.31. The Morgan fingerprint density at radius 2 is 1.66 bits per heavy atom. The molecule has 2 amide bonds. The quantitative estimate of drug-likeness (QED) is 0.623. The van der Waals surface area contributed by atoms with Gasteiger partial charge in [-0.1, -0.05) is 55.5 Å². The van der Waals surface area contributed by atoms with Crippen LogP contribution in [0.2, 0.25) is 0 Å². The first-order chi connectivity index (χ1) is 16.9. The molecule has 2 N–H and O–H groups in total. The van der Waals surface area contributed by atoms with Gasteiger partial charge in [-0.3, -0.25) is 4.79 Å². The van der Waals surface area contributed by atoms with Crippen LogP contribution < -0.4 is 5.32 Å². The van der Waals surface area contributed by atoms with E-state index in [1.165, 1.54) is 27.2 Å². The molecule has 0 heterocycles. The van der Waals surface area contributed by atoms with Crippen LogP contribution in [0.15, 0.2) is 48.5 Å². The zero-order valence-corrected chi connectivity index (χ0v) is 20.1. The lowest BCUT2D eigenvalue weighted by molar-refractivity contribution is -0.150. The summed E-state index contributed by atoms with van der Waals surface area (Å²) in [5.74, 6) is -0.610. The fraction of sp³-hybridized carbons (Fsp3) is 0.464. The van der Waals surface area contributed by atoms with Gasteiger partial charge in [-0.15, -0.1) is 0 Å². The van der Waals surface area contributed by atoms with Crippen molar-refractivity contribution in [1.82, 2.24) is 10.2 Å². The van der Waals surface area contributed by atoms with E-state index in [-0.39, 0.29) is 36.3 Å². The summed E-state index contributed by atoms with van der Waals surface area (Å²) in [6, 6.07) is 15.7. The first-order valence-electron chi connectivity index (χ1n) is 12.5.